The highest BCUT2D eigenvalue weighted by atomic mass is 16.2. The molecule has 0 saturated carbocycles. The number of nitrogens with zero attached hydrogens (tertiary/aromatic N) is 2. The minimum Gasteiger partial charge on any atom is -0.348 e. The number of nitrogens with one attached hydrogen (secondary N) is 2. The van der Waals surface area contributed by atoms with Gasteiger partial charge in [-0.05, 0) is 32.0 Å². The molecule has 0 fully saturated rings. The molecule has 0 saturated heterocycles. The summed E-state index contributed by atoms with van der Waals surface area (Å²) in [6.45, 7) is 3.92. The van der Waals surface area contributed by atoms with Crippen LogP contribution in [0.2, 0.25) is 0 Å². The lowest BCUT2D eigenvalue weighted by Gasteiger charge is -2.18. The van der Waals surface area contributed by atoms with Crippen molar-refractivity contribution in [3.63, 3.8) is 0 Å². The Kier molecular flexibility index (Phi) is 7.38. The van der Waals surface area contributed by atoms with Crippen LogP contribution in [-0.4, -0.2) is 68.3 Å². The highest BCUT2D eigenvalue weighted by molar-refractivity contribution is 5.96. The van der Waals surface area contributed by atoms with Crippen molar-refractivity contribution in [2.45, 2.75) is 13.8 Å². The fraction of sp³-hybridized carbons (Fsp3) is 0.471. The summed E-state index contributed by atoms with van der Waals surface area (Å²) in [5, 5.41) is 5.36. The Balaban J connectivity index is 2.41. The number of amides is 3. The molecule has 0 spiro atoms. The Labute approximate surface area is 143 Å². The fourth-order valence-corrected chi connectivity index (χ4v) is 2.10. The van der Waals surface area contributed by atoms with E-state index < -0.39 is 0 Å². The lowest BCUT2D eigenvalue weighted by Crippen LogP contribution is -2.42. The van der Waals surface area contributed by atoms with Gasteiger partial charge in [0.25, 0.3) is 0 Å². The molecule has 0 aliphatic carbocycles. The van der Waals surface area contributed by atoms with Crippen molar-refractivity contribution >= 4 is 23.4 Å². The Bertz CT molecular complexity index is 594. The third-order valence-electron chi connectivity index (χ3n) is 3.51. The predicted molar refractivity (Wildman–Crippen MR) is 93.7 cm³/mol. The number of carbonyl (C=O) groups excluding carboxylic acids is 3. The summed E-state index contributed by atoms with van der Waals surface area (Å²) in [5.74, 6) is -0.674. The summed E-state index contributed by atoms with van der Waals surface area (Å²) < 4.78 is 0. The molecule has 1 aromatic rings. The van der Waals surface area contributed by atoms with Crippen LogP contribution in [0.15, 0.2) is 18.2 Å². The van der Waals surface area contributed by atoms with Gasteiger partial charge in [0.2, 0.25) is 17.7 Å². The molecule has 0 bridgehead atoms. The highest BCUT2D eigenvalue weighted by Crippen LogP contribution is 2.18. The Morgan fingerprint density at radius 1 is 0.958 bits per heavy atom. The highest BCUT2D eigenvalue weighted by Gasteiger charge is 2.13. The van der Waals surface area contributed by atoms with Crippen molar-refractivity contribution in [3.8, 4) is 0 Å². The molecule has 0 radical (unpaired) electrons. The van der Waals surface area contributed by atoms with Crippen LogP contribution in [0.25, 0.3) is 0 Å². The summed E-state index contributed by atoms with van der Waals surface area (Å²) in [5.41, 5.74) is 2.71. The molecular formula is C17H26N4O3. The van der Waals surface area contributed by atoms with Gasteiger partial charge in [0.15, 0.2) is 0 Å². The molecule has 7 heteroatoms. The second-order valence-corrected chi connectivity index (χ2v) is 6.05. The third kappa shape index (κ3) is 6.37. The van der Waals surface area contributed by atoms with Gasteiger partial charge in [-0.3, -0.25) is 19.3 Å². The van der Waals surface area contributed by atoms with Crippen molar-refractivity contribution in [2.24, 2.45) is 0 Å². The number of carbonyl (C=O) groups is 3. The molecule has 0 aromatic heterocycles. The third-order valence-corrected chi connectivity index (χ3v) is 3.51. The van der Waals surface area contributed by atoms with Gasteiger partial charge in [-0.1, -0.05) is 18.2 Å². The summed E-state index contributed by atoms with van der Waals surface area (Å²) in [4.78, 5) is 38.4. The summed E-state index contributed by atoms with van der Waals surface area (Å²) in [6.07, 6.45) is 0. The van der Waals surface area contributed by atoms with Gasteiger partial charge in [-0.2, -0.15) is 0 Å². The molecule has 3 amide bonds. The van der Waals surface area contributed by atoms with Gasteiger partial charge >= 0.3 is 0 Å². The Hall–Kier alpha value is -2.41. The van der Waals surface area contributed by atoms with Gasteiger partial charge in [0.1, 0.15) is 0 Å². The largest absolute Gasteiger partial charge is 0.348 e. The van der Waals surface area contributed by atoms with Crippen LogP contribution in [0.4, 0.5) is 5.69 Å². The fourth-order valence-electron chi connectivity index (χ4n) is 2.10. The second kappa shape index (κ2) is 9.02. The van der Waals surface area contributed by atoms with Crippen LogP contribution in [0.5, 0.6) is 0 Å². The van der Waals surface area contributed by atoms with Gasteiger partial charge in [-0.25, -0.2) is 0 Å². The number of aryl methyl sites for hydroxylation is 2. The van der Waals surface area contributed by atoms with Crippen LogP contribution in [0.1, 0.15) is 11.1 Å². The average Bonchev–Trinajstić information content (AvgIpc) is 2.48. The van der Waals surface area contributed by atoms with Gasteiger partial charge in [-0.15, -0.1) is 0 Å². The van der Waals surface area contributed by atoms with Crippen molar-refractivity contribution in [1.82, 2.24) is 15.1 Å². The Morgan fingerprint density at radius 3 is 2.08 bits per heavy atom. The normalized spacial score (nSPS) is 10.4. The monoisotopic (exact) mass is 334 g/mol. The first kappa shape index (κ1) is 19.6. The van der Waals surface area contributed by atoms with Crippen molar-refractivity contribution in [2.75, 3.05) is 46.1 Å². The maximum Gasteiger partial charge on any atom is 0.243 e. The molecule has 0 unspecified atom stereocenters. The van der Waals surface area contributed by atoms with E-state index in [4.69, 9.17) is 0 Å². The zero-order valence-electron chi connectivity index (χ0n) is 15.0. The van der Waals surface area contributed by atoms with Gasteiger partial charge in [0, 0.05) is 19.8 Å². The molecule has 2 N–H and O–H groups in total. The molecule has 132 valence electrons. The van der Waals surface area contributed by atoms with Crippen LogP contribution in [0.3, 0.4) is 0 Å². The maximum atomic E-state index is 12.0. The quantitative estimate of drug-likeness (QED) is 0.755. The molecule has 0 aliphatic heterocycles. The number of hydrogen-bond donors (Lipinski definition) is 2. The molecular weight excluding hydrogens is 308 g/mol. The molecule has 1 rings (SSSR count). The lowest BCUT2D eigenvalue weighted by molar-refractivity contribution is -0.130. The van der Waals surface area contributed by atoms with E-state index in [0.717, 1.165) is 16.8 Å². The van der Waals surface area contributed by atoms with Crippen molar-refractivity contribution in [3.05, 3.63) is 29.3 Å². The number of para-hydroxylation sites is 1. The first-order valence-corrected chi connectivity index (χ1v) is 7.72. The number of rotatable bonds is 7. The van der Waals surface area contributed by atoms with Crippen LogP contribution in [-0.2, 0) is 14.4 Å². The molecule has 24 heavy (non-hydrogen) atoms. The van der Waals surface area contributed by atoms with E-state index >= 15 is 0 Å². The SMILES string of the molecule is Cc1cccc(C)c1NC(=O)CNC(=O)CN(C)CC(=O)N(C)C. The first-order valence-electron chi connectivity index (χ1n) is 7.72. The minimum atomic E-state index is -0.305. The standard InChI is InChI=1S/C17H26N4O3/c1-12-7-6-8-13(2)17(12)19-14(22)9-18-15(23)10-21(5)11-16(24)20(3)4/h6-8H,9-11H2,1-5H3,(H,18,23)(H,19,22). The number of hydrogen-bond acceptors (Lipinski definition) is 4. The minimum absolute atomic E-state index is 0.0518. The number of benzene rings is 1. The second-order valence-electron chi connectivity index (χ2n) is 6.05. The smallest absolute Gasteiger partial charge is 0.243 e. The topological polar surface area (TPSA) is 81.8 Å². The van der Waals surface area contributed by atoms with E-state index in [2.05, 4.69) is 10.6 Å². The molecule has 0 aliphatic rings. The van der Waals surface area contributed by atoms with E-state index in [1.807, 2.05) is 32.0 Å². The van der Waals surface area contributed by atoms with E-state index in [9.17, 15) is 14.4 Å². The van der Waals surface area contributed by atoms with E-state index in [-0.39, 0.29) is 37.4 Å². The summed E-state index contributed by atoms with van der Waals surface area (Å²) in [6, 6.07) is 5.75. The Morgan fingerprint density at radius 2 is 1.54 bits per heavy atom. The summed E-state index contributed by atoms with van der Waals surface area (Å²) in [7, 11) is 5.00. The molecule has 7 nitrogen and oxygen atoms in total. The number of likely N-dealkylation sites (N-methyl/N-ethyl adjacent to an activating group) is 2. The zero-order chi connectivity index (χ0) is 18.3. The van der Waals surface area contributed by atoms with Crippen molar-refractivity contribution < 1.29 is 14.4 Å². The zero-order valence-corrected chi connectivity index (χ0v) is 15.0. The first-order chi connectivity index (χ1) is 11.2. The van der Waals surface area contributed by atoms with E-state index in [1.165, 1.54) is 4.90 Å². The van der Waals surface area contributed by atoms with Crippen LogP contribution in [0, 0.1) is 13.8 Å². The molecule has 0 atom stereocenters. The maximum absolute atomic E-state index is 12.0. The number of anilines is 1. The van der Waals surface area contributed by atoms with Crippen LogP contribution >= 0.6 is 0 Å². The van der Waals surface area contributed by atoms with Crippen LogP contribution < -0.4 is 10.6 Å². The lowest BCUT2D eigenvalue weighted by atomic mass is 10.1. The van der Waals surface area contributed by atoms with Crippen molar-refractivity contribution in [1.29, 1.82) is 0 Å². The predicted octanol–water partition coefficient (Wildman–Crippen LogP) is 0.378. The van der Waals surface area contributed by atoms with E-state index in [0.29, 0.717) is 0 Å². The average molecular weight is 334 g/mol. The van der Waals surface area contributed by atoms with Gasteiger partial charge in [0.05, 0.1) is 19.6 Å². The molecule has 0 heterocycles. The molecule has 1 aromatic carbocycles. The van der Waals surface area contributed by atoms with Gasteiger partial charge < -0.3 is 15.5 Å². The summed E-state index contributed by atoms with van der Waals surface area (Å²) >= 11 is 0. The van der Waals surface area contributed by atoms with E-state index in [1.54, 1.807) is 26.0 Å².